The van der Waals surface area contributed by atoms with Crippen molar-refractivity contribution in [2.45, 2.75) is 13.5 Å². The van der Waals surface area contributed by atoms with E-state index in [1.807, 2.05) is 50.2 Å². The minimum absolute atomic E-state index is 0.0392. The van der Waals surface area contributed by atoms with Gasteiger partial charge in [0.15, 0.2) is 0 Å². The standard InChI is InChI=1S/C37H34Cl2N6O4/c1-23-20-31(44(2)3)27-6-5-7-32(36(27)42-23)49-22-28-29(38)13-14-30(35(28)39)45(4)34(47)21-41-33(46)15-10-24-8-11-25(12-9-24)37(48)43-26-16-18-40-19-17-26/h5-20H,21-22H2,1-4H3,(H,41,46)(H,40,43,48)/b15-10+. The second-order valence-electron chi connectivity index (χ2n) is 11.3. The van der Waals surface area contributed by atoms with Crippen LogP contribution in [0.15, 0.2) is 91.3 Å². The Morgan fingerprint density at radius 2 is 1.65 bits per heavy atom. The SMILES string of the molecule is Cc1cc(N(C)C)c2cccc(OCc3c(Cl)ccc(N(C)C(=O)CNC(=O)/C=C/c4ccc(C(=O)Nc5ccncc5)cc4)c3Cl)c2n1. The van der Waals surface area contributed by atoms with Crippen molar-refractivity contribution in [3.05, 3.63) is 124 Å². The normalized spacial score (nSPS) is 11.0. The second kappa shape index (κ2) is 15.6. The van der Waals surface area contributed by atoms with Gasteiger partial charge in [0, 0.05) is 78.2 Å². The van der Waals surface area contributed by atoms with Crippen LogP contribution in [0.4, 0.5) is 17.1 Å². The van der Waals surface area contributed by atoms with E-state index in [0.29, 0.717) is 44.4 Å². The van der Waals surface area contributed by atoms with Gasteiger partial charge in [-0.05, 0) is 67.1 Å². The molecule has 0 aliphatic carbocycles. The molecule has 0 fully saturated rings. The molecule has 0 unspecified atom stereocenters. The Hall–Kier alpha value is -5.45. The number of halogens is 2. The summed E-state index contributed by atoms with van der Waals surface area (Å²) >= 11 is 13.3. The van der Waals surface area contributed by atoms with Crippen molar-refractivity contribution in [2.24, 2.45) is 0 Å². The summed E-state index contributed by atoms with van der Waals surface area (Å²) in [6.45, 7) is 1.70. The van der Waals surface area contributed by atoms with Gasteiger partial charge in [-0.25, -0.2) is 4.98 Å². The van der Waals surface area contributed by atoms with Crippen molar-refractivity contribution in [1.29, 1.82) is 0 Å². The average Bonchev–Trinajstić information content (AvgIpc) is 3.09. The number of benzene rings is 3. The Balaban J connectivity index is 1.19. The Kier molecular flexibility index (Phi) is 11.1. The molecule has 3 amide bonds. The van der Waals surface area contributed by atoms with E-state index in [1.54, 1.807) is 74.0 Å². The number of anilines is 3. The molecule has 0 saturated carbocycles. The molecule has 0 saturated heterocycles. The zero-order chi connectivity index (χ0) is 35.1. The number of pyridine rings is 2. The van der Waals surface area contributed by atoms with Gasteiger partial charge in [0.2, 0.25) is 11.8 Å². The number of hydrogen-bond donors (Lipinski definition) is 2. The summed E-state index contributed by atoms with van der Waals surface area (Å²) in [4.78, 5) is 50.0. The smallest absolute Gasteiger partial charge is 0.255 e. The van der Waals surface area contributed by atoms with Crippen LogP contribution in [-0.2, 0) is 16.2 Å². The number of para-hydroxylation sites is 1. The van der Waals surface area contributed by atoms with Crippen LogP contribution in [0.5, 0.6) is 5.75 Å². The van der Waals surface area contributed by atoms with Gasteiger partial charge >= 0.3 is 0 Å². The molecular weight excluding hydrogens is 663 g/mol. The molecule has 3 aromatic carbocycles. The first-order chi connectivity index (χ1) is 23.5. The maximum absolute atomic E-state index is 13.1. The number of aryl methyl sites for hydroxylation is 1. The van der Waals surface area contributed by atoms with E-state index in [0.717, 1.165) is 16.8 Å². The molecule has 12 heteroatoms. The van der Waals surface area contributed by atoms with Gasteiger partial charge in [0.1, 0.15) is 17.9 Å². The monoisotopic (exact) mass is 696 g/mol. The van der Waals surface area contributed by atoms with Crippen molar-refractivity contribution in [3.63, 3.8) is 0 Å². The Bertz CT molecular complexity index is 2040. The molecule has 2 N–H and O–H groups in total. The van der Waals surface area contributed by atoms with Crippen molar-refractivity contribution in [2.75, 3.05) is 42.8 Å². The molecule has 0 spiro atoms. The number of ether oxygens (including phenoxy) is 1. The van der Waals surface area contributed by atoms with Crippen LogP contribution in [-0.4, -0.2) is 55.4 Å². The zero-order valence-corrected chi connectivity index (χ0v) is 28.8. The lowest BCUT2D eigenvalue weighted by Gasteiger charge is -2.21. The van der Waals surface area contributed by atoms with Crippen LogP contribution in [0.1, 0.15) is 27.2 Å². The molecule has 0 aliphatic heterocycles. The number of fused-ring (bicyclic) bond motifs is 1. The van der Waals surface area contributed by atoms with Crippen LogP contribution in [0.2, 0.25) is 10.0 Å². The zero-order valence-electron chi connectivity index (χ0n) is 27.3. The minimum Gasteiger partial charge on any atom is -0.487 e. The van der Waals surface area contributed by atoms with Gasteiger partial charge in [-0.3, -0.25) is 19.4 Å². The number of nitrogens with zero attached hydrogens (tertiary/aromatic N) is 4. The number of carbonyl (C=O) groups is 3. The molecule has 0 bridgehead atoms. The predicted molar refractivity (Wildman–Crippen MR) is 196 cm³/mol. The number of amides is 3. The highest BCUT2D eigenvalue weighted by Crippen LogP contribution is 2.36. The molecule has 49 heavy (non-hydrogen) atoms. The lowest BCUT2D eigenvalue weighted by atomic mass is 10.1. The van der Waals surface area contributed by atoms with Crippen molar-refractivity contribution >= 4 is 75.0 Å². The molecule has 250 valence electrons. The number of rotatable bonds is 11. The Morgan fingerprint density at radius 1 is 0.918 bits per heavy atom. The van der Waals surface area contributed by atoms with E-state index < -0.39 is 11.8 Å². The molecule has 2 aromatic heterocycles. The third-order valence-electron chi connectivity index (χ3n) is 7.62. The maximum atomic E-state index is 13.1. The first kappa shape index (κ1) is 34.9. The molecule has 0 atom stereocenters. The van der Waals surface area contributed by atoms with Gasteiger partial charge in [0.25, 0.3) is 5.91 Å². The van der Waals surface area contributed by atoms with Crippen LogP contribution in [0, 0.1) is 6.92 Å². The van der Waals surface area contributed by atoms with Crippen LogP contribution in [0.3, 0.4) is 0 Å². The first-order valence-corrected chi connectivity index (χ1v) is 16.0. The number of likely N-dealkylation sites (N-methyl/N-ethyl adjacent to an activating group) is 1. The molecule has 10 nitrogen and oxygen atoms in total. The van der Waals surface area contributed by atoms with E-state index in [9.17, 15) is 14.4 Å². The topological polar surface area (TPSA) is 117 Å². The van der Waals surface area contributed by atoms with E-state index >= 15 is 0 Å². The highest BCUT2D eigenvalue weighted by atomic mass is 35.5. The number of nitrogens with one attached hydrogen (secondary N) is 2. The summed E-state index contributed by atoms with van der Waals surface area (Å²) < 4.78 is 6.20. The molecule has 2 heterocycles. The quantitative estimate of drug-likeness (QED) is 0.144. The third-order valence-corrected chi connectivity index (χ3v) is 8.39. The highest BCUT2D eigenvalue weighted by molar-refractivity contribution is 6.38. The Labute approximate surface area is 294 Å². The van der Waals surface area contributed by atoms with Gasteiger partial charge in [-0.2, -0.15) is 0 Å². The summed E-state index contributed by atoms with van der Waals surface area (Å²) in [6.07, 6.45) is 6.08. The van der Waals surface area contributed by atoms with Crippen molar-refractivity contribution in [1.82, 2.24) is 15.3 Å². The predicted octanol–water partition coefficient (Wildman–Crippen LogP) is 6.93. The van der Waals surface area contributed by atoms with E-state index in [1.165, 1.54) is 11.0 Å². The van der Waals surface area contributed by atoms with Crippen LogP contribution in [0.25, 0.3) is 17.0 Å². The molecular formula is C37H34Cl2N6O4. The van der Waals surface area contributed by atoms with Crippen LogP contribution >= 0.6 is 23.2 Å². The van der Waals surface area contributed by atoms with Gasteiger partial charge in [-0.15, -0.1) is 0 Å². The fraction of sp³-hybridized carbons (Fsp3) is 0.162. The molecule has 5 rings (SSSR count). The average molecular weight is 698 g/mol. The van der Waals surface area contributed by atoms with E-state index in [-0.39, 0.29) is 24.1 Å². The molecule has 0 radical (unpaired) electrons. The van der Waals surface area contributed by atoms with Gasteiger partial charge < -0.3 is 25.2 Å². The number of hydrogen-bond acceptors (Lipinski definition) is 7. The van der Waals surface area contributed by atoms with Crippen molar-refractivity contribution in [3.8, 4) is 5.75 Å². The molecule has 5 aromatic rings. The molecule has 0 aliphatic rings. The van der Waals surface area contributed by atoms with Crippen LogP contribution < -0.4 is 25.2 Å². The lowest BCUT2D eigenvalue weighted by Crippen LogP contribution is -2.37. The summed E-state index contributed by atoms with van der Waals surface area (Å²) in [5.74, 6) is -0.552. The first-order valence-electron chi connectivity index (χ1n) is 15.2. The maximum Gasteiger partial charge on any atom is 0.255 e. The largest absolute Gasteiger partial charge is 0.487 e. The minimum atomic E-state index is -0.464. The van der Waals surface area contributed by atoms with Gasteiger partial charge in [0.05, 0.1) is 17.3 Å². The highest BCUT2D eigenvalue weighted by Gasteiger charge is 2.20. The number of carbonyl (C=O) groups excluding carboxylic acids is 3. The van der Waals surface area contributed by atoms with E-state index in [2.05, 4.69) is 15.6 Å². The summed E-state index contributed by atoms with van der Waals surface area (Å²) in [7, 11) is 5.52. The fourth-order valence-electron chi connectivity index (χ4n) is 4.97. The second-order valence-corrected chi connectivity index (χ2v) is 12.1. The fourth-order valence-corrected chi connectivity index (χ4v) is 5.58. The summed E-state index contributed by atoms with van der Waals surface area (Å²) in [6, 6.07) is 21.2. The number of aromatic nitrogens is 2. The van der Waals surface area contributed by atoms with Crippen molar-refractivity contribution < 1.29 is 19.1 Å². The third kappa shape index (κ3) is 8.53. The van der Waals surface area contributed by atoms with E-state index in [4.69, 9.17) is 32.9 Å². The lowest BCUT2D eigenvalue weighted by molar-refractivity contribution is -0.122. The summed E-state index contributed by atoms with van der Waals surface area (Å²) in [5, 5.41) is 6.97. The summed E-state index contributed by atoms with van der Waals surface area (Å²) in [5.41, 5.74) is 5.30. The van der Waals surface area contributed by atoms with Gasteiger partial charge in [-0.1, -0.05) is 47.5 Å². The Morgan fingerprint density at radius 3 is 2.37 bits per heavy atom.